The Labute approximate surface area is 85.3 Å². The summed E-state index contributed by atoms with van der Waals surface area (Å²) >= 11 is 5.60. The first-order valence-corrected chi connectivity index (χ1v) is 4.12. The number of amides is 2. The fraction of sp³-hybridized carbons (Fsp3) is 0.125. The lowest BCUT2D eigenvalue weighted by Crippen LogP contribution is -2.20. The van der Waals surface area contributed by atoms with Crippen LogP contribution in [0, 0.1) is 0 Å². The first-order valence-electron chi connectivity index (χ1n) is 3.74. The van der Waals surface area contributed by atoms with Crippen molar-refractivity contribution < 1.29 is 9.59 Å². The van der Waals surface area contributed by atoms with Gasteiger partial charge in [0.15, 0.2) is 0 Å². The molecule has 0 aromatic carbocycles. The van der Waals surface area contributed by atoms with Crippen LogP contribution in [0.4, 0.5) is 0 Å². The summed E-state index contributed by atoms with van der Waals surface area (Å²) in [7, 11) is 1.47. The van der Waals surface area contributed by atoms with Crippen molar-refractivity contribution in [1.82, 2.24) is 10.3 Å². The topological polar surface area (TPSA) is 85.1 Å². The molecule has 1 aromatic rings. The molecule has 0 atom stereocenters. The Morgan fingerprint density at radius 3 is 2.64 bits per heavy atom. The highest BCUT2D eigenvalue weighted by atomic mass is 35.5. The second-order valence-corrected chi connectivity index (χ2v) is 2.89. The average molecular weight is 214 g/mol. The van der Waals surface area contributed by atoms with Gasteiger partial charge in [0.05, 0.1) is 0 Å². The molecule has 0 aliphatic carbocycles. The zero-order valence-corrected chi connectivity index (χ0v) is 8.13. The molecule has 0 bridgehead atoms. The second-order valence-electron chi connectivity index (χ2n) is 2.51. The molecule has 1 aromatic heterocycles. The molecule has 0 unspecified atom stereocenters. The molecular formula is C8H8ClN3O2. The smallest absolute Gasteiger partial charge is 0.267 e. The monoisotopic (exact) mass is 213 g/mol. The van der Waals surface area contributed by atoms with Gasteiger partial charge in [-0.3, -0.25) is 9.59 Å². The molecular weight excluding hydrogens is 206 g/mol. The highest BCUT2D eigenvalue weighted by Crippen LogP contribution is 2.10. The van der Waals surface area contributed by atoms with Gasteiger partial charge >= 0.3 is 0 Å². The van der Waals surface area contributed by atoms with Crippen molar-refractivity contribution in [3.63, 3.8) is 0 Å². The molecule has 2 amide bonds. The van der Waals surface area contributed by atoms with Crippen molar-refractivity contribution in [2.75, 3.05) is 7.05 Å². The Morgan fingerprint density at radius 1 is 1.50 bits per heavy atom. The van der Waals surface area contributed by atoms with E-state index in [1.165, 1.54) is 19.2 Å². The standard InChI is InChI=1S/C8H8ClN3O2/c1-11-8(14)4-2-5(7(10)13)12-6(9)3-4/h2-3H,1H3,(H2,10,13)(H,11,14). The van der Waals surface area contributed by atoms with Gasteiger partial charge in [-0.05, 0) is 12.1 Å². The SMILES string of the molecule is CNC(=O)c1cc(Cl)nc(C(N)=O)c1. The number of hydrogen-bond acceptors (Lipinski definition) is 3. The molecule has 3 N–H and O–H groups in total. The Morgan fingerprint density at radius 2 is 2.14 bits per heavy atom. The van der Waals surface area contributed by atoms with Crippen LogP contribution >= 0.6 is 11.6 Å². The van der Waals surface area contributed by atoms with Crippen LogP contribution in [0.25, 0.3) is 0 Å². The van der Waals surface area contributed by atoms with Gasteiger partial charge in [-0.25, -0.2) is 4.98 Å². The minimum absolute atomic E-state index is 0.0314. The molecule has 0 fully saturated rings. The van der Waals surface area contributed by atoms with E-state index in [2.05, 4.69) is 10.3 Å². The largest absolute Gasteiger partial charge is 0.364 e. The summed E-state index contributed by atoms with van der Waals surface area (Å²) in [6.45, 7) is 0. The van der Waals surface area contributed by atoms with E-state index in [-0.39, 0.29) is 22.3 Å². The van der Waals surface area contributed by atoms with Gasteiger partial charge in [0, 0.05) is 12.6 Å². The second kappa shape index (κ2) is 4.06. The average Bonchev–Trinajstić information content (AvgIpc) is 2.15. The summed E-state index contributed by atoms with van der Waals surface area (Å²) in [5.74, 6) is -1.07. The molecule has 5 nitrogen and oxygen atoms in total. The van der Waals surface area contributed by atoms with Crippen LogP contribution < -0.4 is 11.1 Å². The van der Waals surface area contributed by atoms with Crippen LogP contribution in [0.15, 0.2) is 12.1 Å². The number of rotatable bonds is 2. The fourth-order valence-electron chi connectivity index (χ4n) is 0.899. The molecule has 0 aliphatic rings. The minimum Gasteiger partial charge on any atom is -0.364 e. The number of halogens is 1. The third kappa shape index (κ3) is 2.20. The first-order chi connectivity index (χ1) is 6.54. The van der Waals surface area contributed by atoms with Gasteiger partial charge in [-0.1, -0.05) is 11.6 Å². The van der Waals surface area contributed by atoms with Crippen molar-refractivity contribution in [1.29, 1.82) is 0 Å². The lowest BCUT2D eigenvalue weighted by molar-refractivity contribution is 0.0963. The number of primary amides is 1. The summed E-state index contributed by atoms with van der Waals surface area (Å²) < 4.78 is 0. The molecule has 0 saturated heterocycles. The summed E-state index contributed by atoms with van der Waals surface area (Å²) in [6.07, 6.45) is 0. The highest BCUT2D eigenvalue weighted by molar-refractivity contribution is 6.30. The molecule has 0 aliphatic heterocycles. The number of hydrogen-bond donors (Lipinski definition) is 2. The molecule has 1 rings (SSSR count). The highest BCUT2D eigenvalue weighted by Gasteiger charge is 2.10. The number of pyridine rings is 1. The normalized spacial score (nSPS) is 9.57. The summed E-state index contributed by atoms with van der Waals surface area (Å²) in [4.78, 5) is 25.6. The predicted molar refractivity (Wildman–Crippen MR) is 51.2 cm³/mol. The van der Waals surface area contributed by atoms with Crippen LogP contribution in [0.2, 0.25) is 5.15 Å². The van der Waals surface area contributed by atoms with E-state index in [0.717, 1.165) is 0 Å². The van der Waals surface area contributed by atoms with Crippen LogP contribution in [0.3, 0.4) is 0 Å². The van der Waals surface area contributed by atoms with E-state index < -0.39 is 5.91 Å². The van der Waals surface area contributed by atoms with E-state index in [9.17, 15) is 9.59 Å². The van der Waals surface area contributed by atoms with Crippen LogP contribution in [0.1, 0.15) is 20.8 Å². The van der Waals surface area contributed by atoms with E-state index >= 15 is 0 Å². The van der Waals surface area contributed by atoms with E-state index in [1.54, 1.807) is 0 Å². The molecule has 0 saturated carbocycles. The van der Waals surface area contributed by atoms with Crippen LogP contribution in [0.5, 0.6) is 0 Å². The maximum Gasteiger partial charge on any atom is 0.267 e. The quantitative estimate of drug-likeness (QED) is 0.688. The summed E-state index contributed by atoms with van der Waals surface area (Å²) in [5, 5.41) is 2.45. The van der Waals surface area contributed by atoms with Crippen LogP contribution in [-0.4, -0.2) is 23.8 Å². The molecule has 1 heterocycles. The number of carbonyl (C=O) groups excluding carboxylic acids is 2. The van der Waals surface area contributed by atoms with Crippen molar-refractivity contribution >= 4 is 23.4 Å². The Kier molecular flexibility index (Phi) is 3.03. The third-order valence-corrected chi connectivity index (χ3v) is 1.73. The molecule has 0 spiro atoms. The summed E-state index contributed by atoms with van der Waals surface area (Å²) in [6, 6.07) is 2.64. The van der Waals surface area contributed by atoms with E-state index in [0.29, 0.717) is 0 Å². The van der Waals surface area contributed by atoms with Crippen molar-refractivity contribution in [2.45, 2.75) is 0 Å². The Balaban J connectivity index is 3.20. The van der Waals surface area contributed by atoms with Gasteiger partial charge in [0.1, 0.15) is 10.8 Å². The maximum absolute atomic E-state index is 11.2. The lowest BCUT2D eigenvalue weighted by Gasteiger charge is -2.01. The number of nitrogens with one attached hydrogen (secondary N) is 1. The number of nitrogens with zero attached hydrogens (tertiary/aromatic N) is 1. The number of aromatic nitrogens is 1. The zero-order chi connectivity index (χ0) is 10.7. The van der Waals surface area contributed by atoms with E-state index in [4.69, 9.17) is 17.3 Å². The van der Waals surface area contributed by atoms with Crippen molar-refractivity contribution in [3.05, 3.63) is 28.5 Å². The Bertz CT molecular complexity index is 392. The number of carbonyl (C=O) groups is 2. The predicted octanol–water partition coefficient (Wildman–Crippen LogP) is 0.193. The maximum atomic E-state index is 11.2. The lowest BCUT2D eigenvalue weighted by atomic mass is 10.2. The summed E-state index contributed by atoms with van der Waals surface area (Å²) in [5.41, 5.74) is 5.22. The number of nitrogens with two attached hydrogens (primary N) is 1. The van der Waals surface area contributed by atoms with Crippen molar-refractivity contribution in [3.8, 4) is 0 Å². The van der Waals surface area contributed by atoms with Gasteiger partial charge < -0.3 is 11.1 Å². The third-order valence-electron chi connectivity index (χ3n) is 1.54. The van der Waals surface area contributed by atoms with Gasteiger partial charge in [0.2, 0.25) is 0 Å². The first kappa shape index (κ1) is 10.5. The van der Waals surface area contributed by atoms with E-state index in [1.807, 2.05) is 0 Å². The van der Waals surface area contributed by atoms with Crippen LogP contribution in [-0.2, 0) is 0 Å². The van der Waals surface area contributed by atoms with Gasteiger partial charge in [-0.15, -0.1) is 0 Å². The zero-order valence-electron chi connectivity index (χ0n) is 7.37. The minimum atomic E-state index is -0.724. The molecule has 14 heavy (non-hydrogen) atoms. The van der Waals surface area contributed by atoms with Gasteiger partial charge in [0.25, 0.3) is 11.8 Å². The molecule has 0 radical (unpaired) electrons. The fourth-order valence-corrected chi connectivity index (χ4v) is 1.11. The Hall–Kier alpha value is -1.62. The van der Waals surface area contributed by atoms with Gasteiger partial charge in [-0.2, -0.15) is 0 Å². The molecule has 74 valence electrons. The molecule has 6 heteroatoms. The van der Waals surface area contributed by atoms with Crippen molar-refractivity contribution in [2.24, 2.45) is 5.73 Å².